The number of carbonyl (C=O) groups excluding carboxylic acids is 1. The largest absolute Gasteiger partial charge is 0.496 e. The summed E-state index contributed by atoms with van der Waals surface area (Å²) in [6, 6.07) is 19.1. The summed E-state index contributed by atoms with van der Waals surface area (Å²) in [4.78, 5) is 16.8. The van der Waals surface area contributed by atoms with Crippen molar-refractivity contribution in [2.75, 3.05) is 14.2 Å². The van der Waals surface area contributed by atoms with Crippen molar-refractivity contribution in [3.05, 3.63) is 83.0 Å². The number of epoxide rings is 1. The Bertz CT molecular complexity index is 1260. The topological polar surface area (TPSA) is 63.9 Å². The van der Waals surface area contributed by atoms with Gasteiger partial charge in [-0.25, -0.2) is 0 Å². The van der Waals surface area contributed by atoms with Crippen molar-refractivity contribution in [2.45, 2.75) is 12.2 Å². The quantitative estimate of drug-likeness (QED) is 0.307. The van der Waals surface area contributed by atoms with Crippen molar-refractivity contribution in [1.82, 2.24) is 4.98 Å². The maximum absolute atomic E-state index is 13.5. The van der Waals surface area contributed by atoms with Crippen LogP contribution in [0.25, 0.3) is 22.0 Å². The number of Topliss-reactive ketones (excluding diaryl/α,β-unsaturated/α-hetero) is 1. The average Bonchev–Trinajstić information content (AvgIpc) is 3.49. The number of ketones is 1. The molecule has 1 aliphatic rings. The van der Waals surface area contributed by atoms with Crippen LogP contribution in [-0.4, -0.2) is 31.1 Å². The molecule has 6 heteroatoms. The fourth-order valence-corrected chi connectivity index (χ4v) is 4.16. The second-order valence-electron chi connectivity index (χ2n) is 7.37. The fourth-order valence-electron chi connectivity index (χ4n) is 4.03. The minimum atomic E-state index is -0.574. The number of halogens is 1. The third-order valence-electron chi connectivity index (χ3n) is 5.60. The Morgan fingerprint density at radius 2 is 1.71 bits per heavy atom. The average molecular weight is 434 g/mol. The monoisotopic (exact) mass is 433 g/mol. The summed E-state index contributed by atoms with van der Waals surface area (Å²) in [6.07, 6.45) is 1.02. The highest BCUT2D eigenvalue weighted by atomic mass is 35.5. The molecule has 4 aromatic rings. The lowest BCUT2D eigenvalue weighted by molar-refractivity contribution is 0.0952. The van der Waals surface area contributed by atoms with E-state index in [0.717, 1.165) is 22.1 Å². The van der Waals surface area contributed by atoms with Gasteiger partial charge in [0, 0.05) is 22.8 Å². The second kappa shape index (κ2) is 7.76. The molecule has 0 unspecified atom stereocenters. The summed E-state index contributed by atoms with van der Waals surface area (Å²) in [5.74, 6) is 0.946. The zero-order valence-corrected chi connectivity index (χ0v) is 17.8. The van der Waals surface area contributed by atoms with E-state index in [1.807, 2.05) is 48.7 Å². The van der Waals surface area contributed by atoms with E-state index in [-0.39, 0.29) is 11.9 Å². The van der Waals surface area contributed by atoms with Gasteiger partial charge in [-0.1, -0.05) is 54.1 Å². The molecule has 1 saturated heterocycles. The number of rotatable bonds is 6. The number of methoxy groups -OCH3 is 2. The number of hydrogen-bond donors (Lipinski definition) is 1. The molecule has 2 atom stereocenters. The first-order valence-electron chi connectivity index (χ1n) is 9.89. The molecule has 0 amide bonds. The molecule has 31 heavy (non-hydrogen) atoms. The summed E-state index contributed by atoms with van der Waals surface area (Å²) in [5.41, 5.74) is 4.03. The van der Waals surface area contributed by atoms with Gasteiger partial charge in [0.1, 0.15) is 17.6 Å². The van der Waals surface area contributed by atoms with Crippen LogP contribution in [0, 0.1) is 0 Å². The predicted molar refractivity (Wildman–Crippen MR) is 120 cm³/mol. The first-order valence-corrected chi connectivity index (χ1v) is 10.3. The van der Waals surface area contributed by atoms with Crippen molar-refractivity contribution in [2.24, 2.45) is 0 Å². The second-order valence-corrected chi connectivity index (χ2v) is 7.80. The highest BCUT2D eigenvalue weighted by molar-refractivity contribution is 6.30. The number of carbonyl (C=O) groups is 1. The van der Waals surface area contributed by atoms with Crippen LogP contribution in [-0.2, 0) is 4.74 Å². The van der Waals surface area contributed by atoms with E-state index in [1.165, 1.54) is 0 Å². The molecule has 1 aromatic heterocycles. The van der Waals surface area contributed by atoms with Crippen molar-refractivity contribution < 1.29 is 19.0 Å². The number of nitrogens with one attached hydrogen (secondary N) is 1. The summed E-state index contributed by atoms with van der Waals surface area (Å²) >= 11 is 5.98. The van der Waals surface area contributed by atoms with Crippen LogP contribution in [0.2, 0.25) is 5.02 Å². The number of benzene rings is 3. The molecule has 0 bridgehead atoms. The van der Waals surface area contributed by atoms with Crippen LogP contribution >= 0.6 is 11.6 Å². The molecule has 1 aliphatic heterocycles. The smallest absolute Gasteiger partial charge is 0.200 e. The number of ether oxygens (including phenoxy) is 3. The fraction of sp³-hybridized carbons (Fsp3) is 0.160. The van der Waals surface area contributed by atoms with Crippen LogP contribution in [0.4, 0.5) is 0 Å². The minimum absolute atomic E-state index is 0.133. The Kier molecular flexibility index (Phi) is 4.93. The minimum Gasteiger partial charge on any atom is -0.496 e. The van der Waals surface area contributed by atoms with Crippen molar-refractivity contribution in [1.29, 1.82) is 0 Å². The van der Waals surface area contributed by atoms with Gasteiger partial charge in [0.25, 0.3) is 0 Å². The maximum atomic E-state index is 13.5. The van der Waals surface area contributed by atoms with Crippen molar-refractivity contribution in [3.63, 3.8) is 0 Å². The lowest BCUT2D eigenvalue weighted by Gasteiger charge is -2.13. The summed E-state index contributed by atoms with van der Waals surface area (Å²) in [5, 5.41) is 1.48. The van der Waals surface area contributed by atoms with E-state index in [0.29, 0.717) is 27.6 Å². The van der Waals surface area contributed by atoms with Crippen LogP contribution in [0.15, 0.2) is 66.9 Å². The van der Waals surface area contributed by atoms with Gasteiger partial charge in [-0.3, -0.25) is 4.79 Å². The predicted octanol–water partition coefficient (Wildman–Crippen LogP) is 5.83. The van der Waals surface area contributed by atoms with E-state index in [2.05, 4.69) is 4.98 Å². The van der Waals surface area contributed by atoms with Crippen LogP contribution in [0.5, 0.6) is 11.5 Å². The van der Waals surface area contributed by atoms with Gasteiger partial charge in [-0.2, -0.15) is 0 Å². The van der Waals surface area contributed by atoms with E-state index < -0.39 is 6.10 Å². The zero-order valence-electron chi connectivity index (χ0n) is 17.0. The molecule has 5 nitrogen and oxygen atoms in total. The van der Waals surface area contributed by atoms with E-state index >= 15 is 0 Å². The third kappa shape index (κ3) is 3.36. The van der Waals surface area contributed by atoms with E-state index in [1.54, 1.807) is 32.4 Å². The molecule has 5 rings (SSSR count). The molecular formula is C25H20ClNO4. The van der Waals surface area contributed by atoms with Gasteiger partial charge >= 0.3 is 0 Å². The Morgan fingerprint density at radius 1 is 1.00 bits per heavy atom. The Balaban J connectivity index is 1.61. The van der Waals surface area contributed by atoms with Crippen molar-refractivity contribution in [3.8, 4) is 22.6 Å². The van der Waals surface area contributed by atoms with E-state index in [9.17, 15) is 4.79 Å². The summed E-state index contributed by atoms with van der Waals surface area (Å²) in [6.45, 7) is 0. The lowest BCUT2D eigenvalue weighted by atomic mass is 9.97. The van der Waals surface area contributed by atoms with Crippen LogP contribution < -0.4 is 9.47 Å². The van der Waals surface area contributed by atoms with Crippen molar-refractivity contribution >= 4 is 28.3 Å². The molecular weight excluding hydrogens is 414 g/mol. The molecule has 0 spiro atoms. The number of aromatic amines is 1. The number of H-pyrrole nitrogens is 1. The standard InChI is InChI=1S/C25H20ClNO4/c1-29-18-12-19(30-2)21(22-20(18)17(13-27-22)14-6-4-3-5-7-14)23(28)25-24(31-25)15-8-10-16(26)11-9-15/h3-13,24-25,27H,1-2H3/t24-,25-/m1/s1. The van der Waals surface area contributed by atoms with Gasteiger partial charge < -0.3 is 19.2 Å². The van der Waals surface area contributed by atoms with Gasteiger partial charge in [0.2, 0.25) is 0 Å². The van der Waals surface area contributed by atoms with Gasteiger partial charge in [0.05, 0.1) is 30.7 Å². The van der Waals surface area contributed by atoms with E-state index in [4.69, 9.17) is 25.8 Å². The molecule has 0 saturated carbocycles. The normalized spacial score (nSPS) is 17.5. The Labute approximate surface area is 184 Å². The zero-order chi connectivity index (χ0) is 21.5. The summed E-state index contributed by atoms with van der Waals surface area (Å²) in [7, 11) is 3.15. The first kappa shape index (κ1) is 19.7. The Morgan fingerprint density at radius 3 is 2.39 bits per heavy atom. The Hall–Kier alpha value is -3.28. The van der Waals surface area contributed by atoms with Gasteiger partial charge in [-0.05, 0) is 23.3 Å². The highest BCUT2D eigenvalue weighted by Crippen LogP contribution is 2.46. The molecule has 0 radical (unpaired) electrons. The highest BCUT2D eigenvalue weighted by Gasteiger charge is 2.47. The molecule has 2 heterocycles. The van der Waals surface area contributed by atoms with Crippen LogP contribution in [0.3, 0.4) is 0 Å². The maximum Gasteiger partial charge on any atom is 0.200 e. The number of fused-ring (bicyclic) bond motifs is 1. The summed E-state index contributed by atoms with van der Waals surface area (Å²) < 4.78 is 17.0. The van der Waals surface area contributed by atoms with Gasteiger partial charge in [0.15, 0.2) is 11.9 Å². The van der Waals surface area contributed by atoms with Gasteiger partial charge in [-0.15, -0.1) is 0 Å². The first-order chi connectivity index (χ1) is 15.1. The number of hydrogen-bond acceptors (Lipinski definition) is 4. The van der Waals surface area contributed by atoms with Crippen LogP contribution in [0.1, 0.15) is 22.0 Å². The third-order valence-corrected chi connectivity index (χ3v) is 5.86. The molecule has 0 aliphatic carbocycles. The molecule has 1 fully saturated rings. The molecule has 1 N–H and O–H groups in total. The lowest BCUT2D eigenvalue weighted by Crippen LogP contribution is -2.11. The molecule has 156 valence electrons. The number of aromatic nitrogens is 1. The SMILES string of the molecule is COc1cc(OC)c2c(-c3ccccc3)c[nH]c2c1C(=O)[C@H]1O[C@@H]1c1ccc(Cl)cc1. The molecule has 3 aromatic carbocycles.